The van der Waals surface area contributed by atoms with E-state index >= 15 is 0 Å². The average molecular weight is 1150 g/mol. The number of benzene rings is 14. The number of fused-ring (bicyclic) bond motifs is 12. The Morgan fingerprint density at radius 1 is 0.200 bits per heavy atom. The smallest absolute Gasteiger partial charge is 0.0546 e. The van der Waals surface area contributed by atoms with E-state index in [4.69, 9.17) is 0 Å². The summed E-state index contributed by atoms with van der Waals surface area (Å²) in [6, 6.07) is 102. The molecule has 0 saturated carbocycles. The van der Waals surface area contributed by atoms with Crippen LogP contribution in [0.1, 0.15) is 99.9 Å². The fourth-order valence-corrected chi connectivity index (χ4v) is 17.3. The van der Waals surface area contributed by atoms with E-state index in [0.717, 1.165) is 34.1 Å². The minimum atomic E-state index is -0.196. The summed E-state index contributed by atoms with van der Waals surface area (Å²) < 4.78 is 0. The first kappa shape index (κ1) is 52.8. The number of anilines is 6. The zero-order valence-electron chi connectivity index (χ0n) is 52.3. The maximum atomic E-state index is 2.56. The van der Waals surface area contributed by atoms with Gasteiger partial charge in [-0.1, -0.05) is 250 Å². The summed E-state index contributed by atoms with van der Waals surface area (Å²) in [7, 11) is 0. The van der Waals surface area contributed by atoms with E-state index in [-0.39, 0.29) is 21.7 Å². The zero-order chi connectivity index (χ0) is 60.7. The molecule has 0 spiro atoms. The molecular weight excluding hydrogens is 1080 g/mol. The molecule has 4 aliphatic carbocycles. The van der Waals surface area contributed by atoms with Gasteiger partial charge >= 0.3 is 0 Å². The molecule has 2 nitrogen and oxygen atoms in total. The van der Waals surface area contributed by atoms with Crippen molar-refractivity contribution in [1.82, 2.24) is 0 Å². The third-order valence-electron chi connectivity index (χ3n) is 21.8. The molecule has 14 aromatic carbocycles. The molecular formula is C88H68N2. The predicted molar refractivity (Wildman–Crippen MR) is 381 cm³/mol. The lowest BCUT2D eigenvalue weighted by molar-refractivity contribution is 0.660. The molecule has 0 aliphatic heterocycles. The Kier molecular flexibility index (Phi) is 10.9. The van der Waals surface area contributed by atoms with Gasteiger partial charge in [-0.15, -0.1) is 0 Å². The molecule has 14 aromatic rings. The SMILES string of the molecule is CC1(C)c2ccccc2-c2cc(-c3cc(N(c4ccccc4)c4ccc5c(c4)C(C)(C)c4ccccc4-5)c4ccc5c(-c6ccc7c(c6)-c6ccccc6C7(C)C)cc(N(c6ccccc6)c6ccc7c(c6)C(C)(C)c6ccccc6-7)c6ccc3c4c56)ccc21. The maximum Gasteiger partial charge on any atom is 0.0546 e. The molecule has 4 aliphatic rings. The topological polar surface area (TPSA) is 6.48 Å². The summed E-state index contributed by atoms with van der Waals surface area (Å²) in [5, 5.41) is 7.36. The van der Waals surface area contributed by atoms with Gasteiger partial charge in [0.15, 0.2) is 0 Å². The highest BCUT2D eigenvalue weighted by atomic mass is 15.2. The van der Waals surface area contributed by atoms with Crippen LogP contribution in [-0.2, 0) is 21.7 Å². The van der Waals surface area contributed by atoms with Crippen LogP contribution in [0.4, 0.5) is 34.1 Å². The molecule has 90 heavy (non-hydrogen) atoms. The van der Waals surface area contributed by atoms with Crippen LogP contribution >= 0.6 is 0 Å². The Labute approximate surface area is 528 Å². The number of nitrogens with zero attached hydrogens (tertiary/aromatic N) is 2. The number of rotatable bonds is 8. The third-order valence-corrected chi connectivity index (χ3v) is 21.8. The van der Waals surface area contributed by atoms with E-state index in [1.54, 1.807) is 0 Å². The molecule has 0 saturated heterocycles. The average Bonchev–Trinajstić information content (AvgIpc) is 0.989. The molecule has 0 atom stereocenters. The molecule has 0 radical (unpaired) electrons. The summed E-state index contributed by atoms with van der Waals surface area (Å²) in [6.07, 6.45) is 0. The Bertz CT molecular complexity index is 5030. The number of hydrogen-bond donors (Lipinski definition) is 0. The summed E-state index contributed by atoms with van der Waals surface area (Å²) in [4.78, 5) is 5.12. The molecule has 2 heteroatoms. The van der Waals surface area contributed by atoms with Crippen LogP contribution in [0.15, 0.2) is 267 Å². The second-order valence-corrected chi connectivity index (χ2v) is 28.0. The van der Waals surface area contributed by atoms with Gasteiger partial charge in [0.25, 0.3) is 0 Å². The highest BCUT2D eigenvalue weighted by Gasteiger charge is 2.40. The zero-order valence-corrected chi connectivity index (χ0v) is 52.3. The van der Waals surface area contributed by atoms with Crippen LogP contribution in [0.5, 0.6) is 0 Å². The van der Waals surface area contributed by atoms with Gasteiger partial charge < -0.3 is 9.80 Å². The molecule has 0 heterocycles. The van der Waals surface area contributed by atoms with E-state index in [1.807, 2.05) is 0 Å². The van der Waals surface area contributed by atoms with Gasteiger partial charge in [0.2, 0.25) is 0 Å². The first-order valence-electron chi connectivity index (χ1n) is 32.2. The van der Waals surface area contributed by atoms with Crippen LogP contribution in [-0.4, -0.2) is 0 Å². The van der Waals surface area contributed by atoms with Gasteiger partial charge in [-0.25, -0.2) is 0 Å². The number of hydrogen-bond acceptors (Lipinski definition) is 2. The van der Waals surface area contributed by atoms with Crippen molar-refractivity contribution in [1.29, 1.82) is 0 Å². The van der Waals surface area contributed by atoms with Crippen LogP contribution in [0.25, 0.3) is 99.1 Å². The Morgan fingerprint density at radius 3 is 0.878 bits per heavy atom. The lowest BCUT2D eigenvalue weighted by Gasteiger charge is -2.32. The number of para-hydroxylation sites is 2. The third kappa shape index (κ3) is 7.22. The van der Waals surface area contributed by atoms with Crippen LogP contribution < -0.4 is 9.80 Å². The lowest BCUT2D eigenvalue weighted by Crippen LogP contribution is -2.17. The second kappa shape index (κ2) is 18.6. The second-order valence-electron chi connectivity index (χ2n) is 28.0. The highest BCUT2D eigenvalue weighted by molar-refractivity contribution is 6.32. The van der Waals surface area contributed by atoms with E-state index in [9.17, 15) is 0 Å². The van der Waals surface area contributed by atoms with Crippen molar-refractivity contribution in [3.05, 3.63) is 311 Å². The summed E-state index contributed by atoms with van der Waals surface area (Å²) in [5.74, 6) is 0. The first-order valence-corrected chi connectivity index (χ1v) is 32.2. The summed E-state index contributed by atoms with van der Waals surface area (Å²) in [6.45, 7) is 19.1. The largest absolute Gasteiger partial charge is 0.310 e. The normalized spacial score (nSPS) is 15.2. The van der Waals surface area contributed by atoms with Crippen molar-refractivity contribution in [3.8, 4) is 66.8 Å². The fraction of sp³-hybridized carbons (Fsp3) is 0.136. The van der Waals surface area contributed by atoms with Crippen LogP contribution in [0.3, 0.4) is 0 Å². The van der Waals surface area contributed by atoms with Crippen molar-refractivity contribution in [2.75, 3.05) is 9.80 Å². The minimum Gasteiger partial charge on any atom is -0.310 e. The van der Waals surface area contributed by atoms with Crippen LogP contribution in [0, 0.1) is 0 Å². The van der Waals surface area contributed by atoms with Crippen molar-refractivity contribution in [2.24, 2.45) is 0 Å². The van der Waals surface area contributed by atoms with E-state index in [1.165, 1.54) is 144 Å². The van der Waals surface area contributed by atoms with Crippen LogP contribution in [0.2, 0.25) is 0 Å². The van der Waals surface area contributed by atoms with Gasteiger partial charge in [0.05, 0.1) is 11.4 Å². The standard InChI is InChI=1S/C88H68N2/c1-85(2)75-33-21-17-29-61(75)71-47-53(35-45-77(71)85)69-51-81(89(55-23-11-9-12-24-55)57-37-39-63-59-27-15-19-31-73(59)87(5,6)79(63)49-57)67-44-42-66-70(54-36-46-78-72(48-54)62-30-18-22-34-76(62)86(78,3)4)52-82(68-43-41-65(69)83(67)84(66)68)90(56-25-13-10-14-26-56)58-38-40-64-60-28-16-20-32-74(60)88(7,8)80(64)50-58/h9-52H,1-8H3. The van der Waals surface area contributed by atoms with Crippen molar-refractivity contribution in [2.45, 2.75) is 77.0 Å². The fourth-order valence-electron chi connectivity index (χ4n) is 17.3. The van der Waals surface area contributed by atoms with Crippen molar-refractivity contribution >= 4 is 66.4 Å². The van der Waals surface area contributed by atoms with Gasteiger partial charge in [0, 0.05) is 66.0 Å². The van der Waals surface area contributed by atoms with Crippen molar-refractivity contribution in [3.63, 3.8) is 0 Å². The van der Waals surface area contributed by atoms with E-state index in [2.05, 4.69) is 332 Å². The van der Waals surface area contributed by atoms with Gasteiger partial charge in [0.1, 0.15) is 0 Å². The molecule has 0 bridgehead atoms. The van der Waals surface area contributed by atoms with Gasteiger partial charge in [-0.05, 0) is 195 Å². The predicted octanol–water partition coefficient (Wildman–Crippen LogP) is 24.1. The molecule has 0 fully saturated rings. The molecule has 0 amide bonds. The summed E-state index contributed by atoms with van der Waals surface area (Å²) in [5.41, 5.74) is 32.3. The van der Waals surface area contributed by atoms with Gasteiger partial charge in [-0.2, -0.15) is 0 Å². The quantitative estimate of drug-likeness (QED) is 0.140. The Balaban J connectivity index is 0.969. The first-order chi connectivity index (χ1) is 43.7. The molecule has 0 unspecified atom stereocenters. The molecule has 430 valence electrons. The Morgan fingerprint density at radius 2 is 0.500 bits per heavy atom. The molecule has 0 N–H and O–H groups in total. The molecule has 18 rings (SSSR count). The van der Waals surface area contributed by atoms with Gasteiger partial charge in [-0.3, -0.25) is 0 Å². The molecule has 0 aromatic heterocycles. The Hall–Kier alpha value is -10.3. The highest BCUT2D eigenvalue weighted by Crippen LogP contribution is 2.58. The van der Waals surface area contributed by atoms with Crippen molar-refractivity contribution < 1.29 is 0 Å². The lowest BCUT2D eigenvalue weighted by atomic mass is 9.81. The monoisotopic (exact) mass is 1150 g/mol. The maximum absolute atomic E-state index is 2.56. The van der Waals surface area contributed by atoms with E-state index in [0.29, 0.717) is 0 Å². The minimum absolute atomic E-state index is 0.130. The van der Waals surface area contributed by atoms with E-state index < -0.39 is 0 Å². The summed E-state index contributed by atoms with van der Waals surface area (Å²) >= 11 is 0.